The number of aliphatic carboxylic acids is 2. The predicted molar refractivity (Wildman–Crippen MR) is 76.5 cm³/mol. The van der Waals surface area contributed by atoms with Crippen molar-refractivity contribution in [1.82, 2.24) is 0 Å². The van der Waals surface area contributed by atoms with Gasteiger partial charge >= 0.3 is 11.9 Å². The Morgan fingerprint density at radius 2 is 1.00 bits per heavy atom. The third kappa shape index (κ3) is 8.56. The average Bonchev–Trinajstić information content (AvgIpc) is 2.62. The fourth-order valence-electron chi connectivity index (χ4n) is 1.27. The molecule has 0 saturated heterocycles. The van der Waals surface area contributed by atoms with Gasteiger partial charge in [-0.25, -0.2) is 9.59 Å². The Hall–Kier alpha value is -1.75. The van der Waals surface area contributed by atoms with Gasteiger partial charge in [0.1, 0.15) is 30.5 Å². The molecular formula is C12H22O14. The van der Waals surface area contributed by atoms with Crippen LogP contribution in [0.1, 0.15) is 0 Å². The van der Waals surface area contributed by atoms with Crippen molar-refractivity contribution in [3.05, 3.63) is 0 Å². The molecule has 14 nitrogen and oxygen atoms in total. The van der Waals surface area contributed by atoms with Gasteiger partial charge in [0.2, 0.25) is 0 Å². The summed E-state index contributed by atoms with van der Waals surface area (Å²) >= 11 is 0. The van der Waals surface area contributed by atoms with Gasteiger partial charge < -0.3 is 56.2 Å². The van der Waals surface area contributed by atoms with Gasteiger partial charge in [0.15, 0.2) is 12.2 Å². The molecule has 11 N–H and O–H groups in total. The minimum absolute atomic E-state index is 0.843. The second-order valence-corrected chi connectivity index (χ2v) is 4.87. The molecule has 0 aliphatic rings. The second kappa shape index (κ2) is 12.6. The van der Waals surface area contributed by atoms with E-state index in [0.717, 1.165) is 0 Å². The molecule has 0 amide bonds. The minimum atomic E-state index is -2.24. The van der Waals surface area contributed by atoms with Crippen LogP contribution in [0.15, 0.2) is 0 Å². The summed E-state index contributed by atoms with van der Waals surface area (Å²) in [5.41, 5.74) is 0. The summed E-state index contributed by atoms with van der Waals surface area (Å²) in [6.07, 6.45) is -13.8. The monoisotopic (exact) mass is 390 g/mol. The largest absolute Gasteiger partial charge is 0.479 e. The van der Waals surface area contributed by atoms with E-state index in [1.165, 1.54) is 0 Å². The van der Waals surface area contributed by atoms with E-state index in [2.05, 4.69) is 0 Å². The lowest BCUT2D eigenvalue weighted by Gasteiger charge is -2.23. The first kappa shape index (κ1) is 26.5. The third-order valence-corrected chi connectivity index (χ3v) is 2.89. The van der Waals surface area contributed by atoms with Gasteiger partial charge in [-0.3, -0.25) is 4.79 Å². The van der Waals surface area contributed by atoms with Gasteiger partial charge in [0, 0.05) is 0 Å². The Morgan fingerprint density at radius 1 is 0.615 bits per heavy atom. The summed E-state index contributed by atoms with van der Waals surface area (Å²) in [5.74, 6) is -5.28. The topological polar surface area (TPSA) is 274 Å². The molecule has 154 valence electrons. The van der Waals surface area contributed by atoms with E-state index in [4.69, 9.17) is 56.2 Å². The molecule has 26 heavy (non-hydrogen) atoms. The number of carbonyl (C=O) groups excluding carboxylic acids is 1. The molecule has 7 unspecified atom stereocenters. The number of aliphatic hydroxyl groups excluding tert-OH is 9. The Morgan fingerprint density at radius 3 is 1.31 bits per heavy atom. The molecule has 7 atom stereocenters. The highest BCUT2D eigenvalue weighted by Gasteiger charge is 2.34. The number of hydrogen-bond donors (Lipinski definition) is 11. The van der Waals surface area contributed by atoms with E-state index < -0.39 is 73.7 Å². The van der Waals surface area contributed by atoms with E-state index in [1.54, 1.807) is 0 Å². The van der Waals surface area contributed by atoms with Gasteiger partial charge in [0.05, 0.1) is 13.2 Å². The van der Waals surface area contributed by atoms with Gasteiger partial charge in [0.25, 0.3) is 5.78 Å². The summed E-state index contributed by atoms with van der Waals surface area (Å²) in [6.45, 7) is -1.73. The molecular weight excluding hydrogens is 368 g/mol. The fourth-order valence-corrected chi connectivity index (χ4v) is 1.27. The SMILES string of the molecule is O=C(O)C(=O)C(O)C(O)C(O)CO.O=C(O)C(O)C(O)C(O)C(O)CO. The van der Waals surface area contributed by atoms with E-state index in [1.807, 2.05) is 0 Å². The highest BCUT2D eigenvalue weighted by Crippen LogP contribution is 2.05. The predicted octanol–water partition coefficient (Wildman–Crippen LogP) is -6.78. The van der Waals surface area contributed by atoms with Crippen LogP contribution >= 0.6 is 0 Å². The van der Waals surface area contributed by atoms with Crippen molar-refractivity contribution in [2.45, 2.75) is 42.7 Å². The molecule has 0 fully saturated rings. The lowest BCUT2D eigenvalue weighted by molar-refractivity contribution is -0.164. The number of Topliss-reactive ketones (excluding diaryl/α,β-unsaturated/α-hetero) is 1. The number of carboxylic acids is 2. The molecule has 0 saturated carbocycles. The quantitative estimate of drug-likeness (QED) is 0.155. The Kier molecular flexibility index (Phi) is 12.8. The highest BCUT2D eigenvalue weighted by atomic mass is 16.4. The summed E-state index contributed by atoms with van der Waals surface area (Å²) in [6, 6.07) is 0. The summed E-state index contributed by atoms with van der Waals surface area (Å²) < 4.78 is 0. The van der Waals surface area contributed by atoms with Gasteiger partial charge in [-0.2, -0.15) is 0 Å². The zero-order chi connectivity index (χ0) is 21.2. The zero-order valence-electron chi connectivity index (χ0n) is 13.1. The zero-order valence-corrected chi connectivity index (χ0v) is 13.1. The summed E-state index contributed by atoms with van der Waals surface area (Å²) in [4.78, 5) is 30.6. The highest BCUT2D eigenvalue weighted by molar-refractivity contribution is 6.34. The van der Waals surface area contributed by atoms with Gasteiger partial charge in [-0.1, -0.05) is 0 Å². The molecule has 0 spiro atoms. The van der Waals surface area contributed by atoms with Crippen LogP contribution in [0.3, 0.4) is 0 Å². The van der Waals surface area contributed by atoms with Crippen LogP contribution in [0.5, 0.6) is 0 Å². The lowest BCUT2D eigenvalue weighted by Crippen LogP contribution is -2.48. The lowest BCUT2D eigenvalue weighted by atomic mass is 10.0. The number of carbonyl (C=O) groups is 3. The number of carboxylic acid groups (broad SMARTS) is 2. The van der Waals surface area contributed by atoms with Crippen molar-refractivity contribution in [1.29, 1.82) is 0 Å². The van der Waals surface area contributed by atoms with Crippen molar-refractivity contribution >= 4 is 17.7 Å². The maximum Gasteiger partial charge on any atom is 0.375 e. The van der Waals surface area contributed by atoms with Crippen LogP contribution < -0.4 is 0 Å². The minimum Gasteiger partial charge on any atom is -0.479 e. The molecule has 0 heterocycles. The number of rotatable bonds is 10. The van der Waals surface area contributed by atoms with Gasteiger partial charge in [-0.15, -0.1) is 0 Å². The number of hydrogen-bond acceptors (Lipinski definition) is 12. The van der Waals surface area contributed by atoms with Crippen LogP contribution in [0.2, 0.25) is 0 Å². The maximum atomic E-state index is 10.5. The summed E-state index contributed by atoms with van der Waals surface area (Å²) in [7, 11) is 0. The van der Waals surface area contributed by atoms with Crippen molar-refractivity contribution in [3.63, 3.8) is 0 Å². The molecule has 0 bridgehead atoms. The molecule has 14 heteroatoms. The Labute approximate surface area is 145 Å². The molecule has 0 rings (SSSR count). The number of ketones is 1. The van der Waals surface area contributed by atoms with Crippen molar-refractivity contribution in [3.8, 4) is 0 Å². The van der Waals surface area contributed by atoms with E-state index >= 15 is 0 Å². The smallest absolute Gasteiger partial charge is 0.375 e. The van der Waals surface area contributed by atoms with E-state index in [9.17, 15) is 14.4 Å². The second-order valence-electron chi connectivity index (χ2n) is 4.87. The molecule has 0 radical (unpaired) electrons. The maximum absolute atomic E-state index is 10.5. The normalized spacial score (nSPS) is 19.0. The van der Waals surface area contributed by atoms with Gasteiger partial charge in [-0.05, 0) is 0 Å². The standard InChI is InChI=1S/C6H12O7.C6H10O7/c2*7-1-2(8)3(9)4(10)5(11)6(12)13/h2-5,7-11H,1H2,(H,12,13);2-4,7-10H,1H2,(H,12,13). The molecule has 0 aromatic rings. The molecule has 0 aromatic heterocycles. The van der Waals surface area contributed by atoms with E-state index in [-0.39, 0.29) is 0 Å². The van der Waals surface area contributed by atoms with Crippen molar-refractivity contribution in [2.24, 2.45) is 0 Å². The fraction of sp³-hybridized carbons (Fsp3) is 0.750. The third-order valence-electron chi connectivity index (χ3n) is 2.89. The Bertz CT molecular complexity index is 453. The van der Waals surface area contributed by atoms with Crippen LogP contribution in [-0.2, 0) is 14.4 Å². The first-order valence-corrected chi connectivity index (χ1v) is 6.81. The molecule has 0 aliphatic heterocycles. The summed E-state index contributed by atoms with van der Waals surface area (Å²) in [5, 5.41) is 94.6. The van der Waals surface area contributed by atoms with E-state index in [0.29, 0.717) is 0 Å². The molecule has 0 aromatic carbocycles. The van der Waals surface area contributed by atoms with Crippen molar-refractivity contribution < 1.29 is 70.6 Å². The van der Waals surface area contributed by atoms with Crippen LogP contribution in [0, 0.1) is 0 Å². The first-order valence-electron chi connectivity index (χ1n) is 6.81. The number of aliphatic hydroxyl groups is 9. The molecule has 0 aliphatic carbocycles. The van der Waals surface area contributed by atoms with Crippen LogP contribution in [0.4, 0.5) is 0 Å². The van der Waals surface area contributed by atoms with Crippen LogP contribution in [0.25, 0.3) is 0 Å². The van der Waals surface area contributed by atoms with Crippen molar-refractivity contribution in [2.75, 3.05) is 13.2 Å². The first-order chi connectivity index (χ1) is 11.8. The average molecular weight is 390 g/mol. The Balaban J connectivity index is 0. The van der Waals surface area contributed by atoms with Crippen LogP contribution in [-0.4, -0.2) is 130 Å².